The molecule has 0 unspecified atom stereocenters. The van der Waals surface area contributed by atoms with Gasteiger partial charge in [-0.1, -0.05) is 0 Å². The second kappa shape index (κ2) is 7.76. The van der Waals surface area contributed by atoms with Crippen molar-refractivity contribution >= 4 is 22.8 Å². The summed E-state index contributed by atoms with van der Waals surface area (Å²) in [4.78, 5) is 23.7. The first-order valence-corrected chi connectivity index (χ1v) is 11.7. The maximum atomic E-state index is 15.8. The first-order chi connectivity index (χ1) is 16.5. The Morgan fingerprint density at radius 3 is 2.59 bits per heavy atom. The molecule has 7 nitrogen and oxygen atoms in total. The number of rotatable bonds is 5. The van der Waals surface area contributed by atoms with Gasteiger partial charge >= 0.3 is 5.97 Å². The van der Waals surface area contributed by atoms with Gasteiger partial charge in [0.1, 0.15) is 17.5 Å². The van der Waals surface area contributed by atoms with Crippen molar-refractivity contribution in [3.63, 3.8) is 0 Å². The fourth-order valence-electron chi connectivity index (χ4n) is 6.08. The number of hydrogen-bond acceptors (Lipinski definition) is 5. The van der Waals surface area contributed by atoms with E-state index in [2.05, 4.69) is 26.3 Å². The van der Waals surface area contributed by atoms with E-state index >= 15 is 4.39 Å². The number of H-pyrrole nitrogens is 1. The molecule has 3 aromatic heterocycles. The Morgan fingerprint density at radius 1 is 1.18 bits per heavy atom. The number of aromatic amines is 1. The van der Waals surface area contributed by atoms with E-state index in [1.807, 2.05) is 0 Å². The van der Waals surface area contributed by atoms with Crippen LogP contribution >= 0.6 is 0 Å². The van der Waals surface area contributed by atoms with E-state index in [-0.39, 0.29) is 34.8 Å². The second-order valence-corrected chi connectivity index (χ2v) is 9.76. The fourth-order valence-corrected chi connectivity index (χ4v) is 6.08. The Morgan fingerprint density at radius 2 is 1.91 bits per heavy atom. The summed E-state index contributed by atoms with van der Waals surface area (Å²) in [6, 6.07) is 3.01. The number of nitrogens with one attached hydrogen (secondary N) is 2. The highest BCUT2D eigenvalue weighted by Crippen LogP contribution is 2.49. The van der Waals surface area contributed by atoms with Crippen molar-refractivity contribution in [3.05, 3.63) is 41.2 Å². The van der Waals surface area contributed by atoms with Crippen molar-refractivity contribution < 1.29 is 18.7 Å². The molecule has 4 fully saturated rings. The molecule has 4 aliphatic rings. The van der Waals surface area contributed by atoms with E-state index in [9.17, 15) is 19.6 Å². The standard InChI is InChI=1S/C25H23F2N5O2/c26-14-7-15-17(10-30-23(15)29-9-14)22-16(8-28)18(11-1-2-11)20(27)24(32-22)31-21-13-5-3-12(4-6-13)19(21)25(33)34/h7,9-13,19,21H,1-6H2,(H,29,30)(H,31,32)(H,33,34)/t12?,13?,19-,21-/m1/s1. The van der Waals surface area contributed by atoms with Gasteiger partial charge in [-0.05, 0) is 62.3 Å². The minimum Gasteiger partial charge on any atom is -0.481 e. The summed E-state index contributed by atoms with van der Waals surface area (Å²) in [5.74, 6) is -2.53. The lowest BCUT2D eigenvalue weighted by Crippen LogP contribution is -2.51. The fraction of sp³-hybridized carbons (Fsp3) is 0.440. The van der Waals surface area contributed by atoms with E-state index in [0.29, 0.717) is 22.2 Å². The van der Waals surface area contributed by atoms with Crippen molar-refractivity contribution in [1.82, 2.24) is 15.0 Å². The van der Waals surface area contributed by atoms with Gasteiger partial charge in [-0.15, -0.1) is 0 Å². The number of aliphatic carboxylic acids is 1. The predicted octanol–water partition coefficient (Wildman–Crippen LogP) is 4.95. The first kappa shape index (κ1) is 21.0. The van der Waals surface area contributed by atoms with E-state index < -0.39 is 29.6 Å². The number of carboxylic acid groups (broad SMARTS) is 1. The van der Waals surface area contributed by atoms with Gasteiger partial charge in [-0.25, -0.2) is 18.7 Å². The van der Waals surface area contributed by atoms with E-state index in [1.54, 1.807) is 6.20 Å². The predicted molar refractivity (Wildman–Crippen MR) is 120 cm³/mol. The van der Waals surface area contributed by atoms with Gasteiger partial charge in [0.15, 0.2) is 11.6 Å². The normalized spacial score (nSPS) is 25.9. The highest BCUT2D eigenvalue weighted by Gasteiger charge is 2.48. The monoisotopic (exact) mass is 463 g/mol. The zero-order valence-corrected chi connectivity index (χ0v) is 18.3. The minimum atomic E-state index is -0.873. The topological polar surface area (TPSA) is 115 Å². The third-order valence-electron chi connectivity index (χ3n) is 7.83. The van der Waals surface area contributed by atoms with Crippen molar-refractivity contribution in [2.75, 3.05) is 5.32 Å². The van der Waals surface area contributed by atoms with Crippen LogP contribution in [0.25, 0.3) is 22.3 Å². The van der Waals surface area contributed by atoms with Gasteiger partial charge in [-0.2, -0.15) is 5.26 Å². The smallest absolute Gasteiger partial charge is 0.308 e. The molecule has 0 spiro atoms. The van der Waals surface area contributed by atoms with Crippen molar-refractivity contribution in [2.24, 2.45) is 17.8 Å². The summed E-state index contributed by atoms with van der Waals surface area (Å²) in [6.07, 6.45) is 7.78. The van der Waals surface area contributed by atoms with Crippen LogP contribution in [0.3, 0.4) is 0 Å². The van der Waals surface area contributed by atoms with Crippen LogP contribution in [0.5, 0.6) is 0 Å². The van der Waals surface area contributed by atoms with E-state index in [4.69, 9.17) is 0 Å². The Balaban J connectivity index is 1.51. The maximum absolute atomic E-state index is 15.8. The lowest BCUT2D eigenvalue weighted by molar-refractivity contribution is -0.148. The van der Waals surface area contributed by atoms with Gasteiger partial charge in [-0.3, -0.25) is 4.79 Å². The van der Waals surface area contributed by atoms with Crippen molar-refractivity contribution in [2.45, 2.75) is 50.5 Å². The Hall–Kier alpha value is -3.54. The molecule has 3 heterocycles. The molecule has 4 aliphatic carbocycles. The molecule has 0 aliphatic heterocycles. The minimum absolute atomic E-state index is 0.0292. The molecule has 0 amide bonds. The number of fused-ring (bicyclic) bond motifs is 4. The number of anilines is 1. The highest BCUT2D eigenvalue weighted by atomic mass is 19.1. The summed E-state index contributed by atoms with van der Waals surface area (Å²) in [5, 5.41) is 23.5. The molecule has 9 heteroatoms. The van der Waals surface area contributed by atoms with Gasteiger partial charge in [0.05, 0.1) is 23.4 Å². The van der Waals surface area contributed by atoms with Gasteiger partial charge in [0, 0.05) is 28.8 Å². The van der Waals surface area contributed by atoms with Crippen LogP contribution in [-0.4, -0.2) is 32.1 Å². The summed E-state index contributed by atoms with van der Waals surface area (Å²) in [5.41, 5.74) is 1.59. The number of carboxylic acids is 1. The number of nitrogens with zero attached hydrogens (tertiary/aromatic N) is 3. The highest BCUT2D eigenvalue weighted by molar-refractivity contribution is 5.94. The molecular formula is C25H23F2N5O2. The molecule has 7 rings (SSSR count). The molecule has 2 bridgehead atoms. The molecule has 3 aromatic rings. The summed E-state index contributed by atoms with van der Waals surface area (Å²) >= 11 is 0. The molecule has 34 heavy (non-hydrogen) atoms. The van der Waals surface area contributed by atoms with Gasteiger partial charge < -0.3 is 15.4 Å². The molecular weight excluding hydrogens is 440 g/mol. The zero-order valence-electron chi connectivity index (χ0n) is 18.3. The zero-order chi connectivity index (χ0) is 23.6. The quantitative estimate of drug-likeness (QED) is 0.493. The van der Waals surface area contributed by atoms with E-state index in [0.717, 1.165) is 44.7 Å². The SMILES string of the molecule is N#Cc1c(-c2c[nH]c3ncc(F)cc23)nc(N[C@@H]2C3CCC(CC3)[C@H]2C(=O)O)c(F)c1C1CC1. The van der Waals surface area contributed by atoms with Crippen LogP contribution in [0.1, 0.15) is 55.6 Å². The van der Waals surface area contributed by atoms with Crippen LogP contribution in [0, 0.1) is 40.7 Å². The largest absolute Gasteiger partial charge is 0.481 e. The average molecular weight is 463 g/mol. The number of hydrogen-bond donors (Lipinski definition) is 3. The number of pyridine rings is 2. The number of carbonyl (C=O) groups is 1. The maximum Gasteiger partial charge on any atom is 0.308 e. The molecule has 0 aromatic carbocycles. The number of halogens is 2. The summed E-state index contributed by atoms with van der Waals surface area (Å²) < 4.78 is 29.8. The van der Waals surface area contributed by atoms with Crippen molar-refractivity contribution in [3.8, 4) is 17.3 Å². The molecule has 2 atom stereocenters. The van der Waals surface area contributed by atoms with Crippen LogP contribution in [0.2, 0.25) is 0 Å². The summed E-state index contributed by atoms with van der Waals surface area (Å²) in [6.45, 7) is 0. The lowest BCUT2D eigenvalue weighted by Gasteiger charge is -2.47. The third kappa shape index (κ3) is 3.23. The molecule has 3 N–H and O–H groups in total. The van der Waals surface area contributed by atoms with Gasteiger partial charge in [0.2, 0.25) is 0 Å². The second-order valence-electron chi connectivity index (χ2n) is 9.76. The third-order valence-corrected chi connectivity index (χ3v) is 7.83. The Kier molecular flexibility index (Phi) is 4.80. The average Bonchev–Trinajstić information content (AvgIpc) is 3.59. The van der Waals surface area contributed by atoms with E-state index in [1.165, 1.54) is 6.07 Å². The number of aromatic nitrogens is 3. The van der Waals surface area contributed by atoms with Gasteiger partial charge in [0.25, 0.3) is 0 Å². The Bertz CT molecular complexity index is 1350. The molecule has 0 saturated heterocycles. The van der Waals surface area contributed by atoms with Crippen LogP contribution in [0.4, 0.5) is 14.6 Å². The lowest BCUT2D eigenvalue weighted by atomic mass is 9.61. The molecule has 4 saturated carbocycles. The van der Waals surface area contributed by atoms with Crippen LogP contribution < -0.4 is 5.32 Å². The molecule has 0 radical (unpaired) electrons. The van der Waals surface area contributed by atoms with Crippen LogP contribution in [-0.2, 0) is 4.79 Å². The first-order valence-electron chi connectivity index (χ1n) is 11.7. The van der Waals surface area contributed by atoms with Crippen molar-refractivity contribution in [1.29, 1.82) is 5.26 Å². The summed E-state index contributed by atoms with van der Waals surface area (Å²) in [7, 11) is 0. The number of nitriles is 1. The molecule has 174 valence electrons. The Labute approximate surface area is 194 Å². The van der Waals surface area contributed by atoms with Crippen LogP contribution in [0.15, 0.2) is 18.5 Å².